The largest absolute Gasteiger partial charge is 0.294 e. The van der Waals surface area contributed by atoms with E-state index in [-0.39, 0.29) is 5.82 Å². The minimum absolute atomic E-state index is 0.355. The van der Waals surface area contributed by atoms with E-state index in [0.717, 1.165) is 11.1 Å². The van der Waals surface area contributed by atoms with Crippen molar-refractivity contribution < 1.29 is 4.39 Å². The molecule has 19 heavy (non-hydrogen) atoms. The molecule has 0 spiro atoms. The third-order valence-corrected chi connectivity index (χ3v) is 3.10. The van der Waals surface area contributed by atoms with Crippen molar-refractivity contribution in [1.82, 2.24) is 5.32 Å². The summed E-state index contributed by atoms with van der Waals surface area (Å²) >= 11 is 0. The fourth-order valence-electron chi connectivity index (χ4n) is 1.95. The molecule has 0 saturated carbocycles. The summed E-state index contributed by atoms with van der Waals surface area (Å²) in [6, 6.07) is 15.8. The summed E-state index contributed by atoms with van der Waals surface area (Å²) in [5.74, 6) is -0.355. The Hall–Kier alpha value is -2.18. The van der Waals surface area contributed by atoms with E-state index < -0.39 is 6.04 Å². The van der Waals surface area contributed by atoms with Gasteiger partial charge in [0.2, 0.25) is 0 Å². The van der Waals surface area contributed by atoms with Gasteiger partial charge in [0.25, 0.3) is 0 Å². The smallest absolute Gasteiger partial charge is 0.129 e. The van der Waals surface area contributed by atoms with Gasteiger partial charge in [-0.3, -0.25) is 5.32 Å². The second kappa shape index (κ2) is 6.12. The highest BCUT2D eigenvalue weighted by Gasteiger charge is 2.14. The van der Waals surface area contributed by atoms with Gasteiger partial charge in [-0.2, -0.15) is 5.26 Å². The van der Waals surface area contributed by atoms with Gasteiger partial charge in [-0.15, -0.1) is 0 Å². The van der Waals surface area contributed by atoms with Crippen LogP contribution in [-0.4, -0.2) is 0 Å². The molecule has 2 aromatic carbocycles. The molecule has 0 amide bonds. The molecule has 96 valence electrons. The molecule has 0 aliphatic carbocycles. The van der Waals surface area contributed by atoms with Crippen LogP contribution in [0.3, 0.4) is 0 Å². The van der Waals surface area contributed by atoms with E-state index >= 15 is 0 Å². The second-order valence-electron chi connectivity index (χ2n) is 4.39. The van der Waals surface area contributed by atoms with Crippen molar-refractivity contribution in [2.75, 3.05) is 0 Å². The summed E-state index contributed by atoms with van der Waals surface area (Å²) in [5, 5.41) is 12.3. The van der Waals surface area contributed by atoms with E-state index in [9.17, 15) is 9.65 Å². The van der Waals surface area contributed by atoms with Crippen LogP contribution >= 0.6 is 0 Å². The fourth-order valence-corrected chi connectivity index (χ4v) is 1.95. The van der Waals surface area contributed by atoms with Crippen molar-refractivity contribution in [2.45, 2.75) is 19.5 Å². The Balaban J connectivity index is 2.12. The van der Waals surface area contributed by atoms with Gasteiger partial charge in [-0.25, -0.2) is 4.39 Å². The van der Waals surface area contributed by atoms with Crippen LogP contribution in [0.5, 0.6) is 0 Å². The number of aryl methyl sites for hydroxylation is 1. The Morgan fingerprint density at radius 2 is 1.84 bits per heavy atom. The summed E-state index contributed by atoms with van der Waals surface area (Å²) in [6.45, 7) is 2.56. The molecule has 1 atom stereocenters. The topological polar surface area (TPSA) is 35.8 Å². The Morgan fingerprint density at radius 1 is 1.16 bits per heavy atom. The molecule has 0 fully saturated rings. The molecule has 0 aromatic heterocycles. The molecule has 1 unspecified atom stereocenters. The lowest BCUT2D eigenvalue weighted by molar-refractivity contribution is 0.561. The lowest BCUT2D eigenvalue weighted by Crippen LogP contribution is -2.20. The van der Waals surface area contributed by atoms with Crippen LogP contribution in [0.15, 0.2) is 48.5 Å². The maximum atomic E-state index is 13.6. The predicted octanol–water partition coefficient (Wildman–Crippen LogP) is 3.49. The highest BCUT2D eigenvalue weighted by molar-refractivity contribution is 5.28. The molecule has 0 radical (unpaired) electrons. The van der Waals surface area contributed by atoms with Crippen molar-refractivity contribution in [3.63, 3.8) is 0 Å². The molecule has 3 heteroatoms. The van der Waals surface area contributed by atoms with E-state index in [2.05, 4.69) is 11.4 Å². The van der Waals surface area contributed by atoms with Gasteiger partial charge in [0.15, 0.2) is 0 Å². The fraction of sp³-hybridized carbons (Fsp3) is 0.188. The number of halogens is 1. The predicted molar refractivity (Wildman–Crippen MR) is 72.8 cm³/mol. The van der Waals surface area contributed by atoms with Crippen molar-refractivity contribution in [3.05, 3.63) is 71.0 Å². The minimum atomic E-state index is -0.638. The van der Waals surface area contributed by atoms with Gasteiger partial charge in [-0.1, -0.05) is 42.5 Å². The lowest BCUT2D eigenvalue weighted by atomic mass is 10.1. The number of nitrogens with zero attached hydrogens (tertiary/aromatic N) is 1. The average Bonchev–Trinajstić information content (AvgIpc) is 2.43. The van der Waals surface area contributed by atoms with Crippen LogP contribution in [0.1, 0.15) is 22.7 Å². The molecule has 2 aromatic rings. The van der Waals surface area contributed by atoms with Gasteiger partial charge in [0, 0.05) is 12.1 Å². The Labute approximate surface area is 112 Å². The van der Waals surface area contributed by atoms with Gasteiger partial charge in [0.05, 0.1) is 6.07 Å². The van der Waals surface area contributed by atoms with Gasteiger partial charge < -0.3 is 0 Å². The second-order valence-corrected chi connectivity index (χ2v) is 4.39. The van der Waals surface area contributed by atoms with Crippen molar-refractivity contribution in [3.8, 4) is 6.07 Å². The van der Waals surface area contributed by atoms with Crippen LogP contribution in [0.4, 0.5) is 4.39 Å². The molecule has 0 aliphatic rings. The number of hydrogen-bond acceptors (Lipinski definition) is 2. The van der Waals surface area contributed by atoms with Crippen LogP contribution in [0.2, 0.25) is 0 Å². The van der Waals surface area contributed by atoms with E-state index in [4.69, 9.17) is 0 Å². The van der Waals surface area contributed by atoms with Crippen LogP contribution in [-0.2, 0) is 6.54 Å². The monoisotopic (exact) mass is 254 g/mol. The molecule has 0 saturated heterocycles. The SMILES string of the molecule is Cc1ccccc1CNC(C#N)c1ccccc1F. The third-order valence-electron chi connectivity index (χ3n) is 3.10. The Kier molecular flexibility index (Phi) is 4.27. The number of hydrogen-bond donors (Lipinski definition) is 1. The Morgan fingerprint density at radius 3 is 2.53 bits per heavy atom. The van der Waals surface area contributed by atoms with E-state index in [1.54, 1.807) is 18.2 Å². The molecule has 2 nitrogen and oxygen atoms in total. The summed E-state index contributed by atoms with van der Waals surface area (Å²) in [6.07, 6.45) is 0. The number of rotatable bonds is 4. The highest BCUT2D eigenvalue weighted by Crippen LogP contribution is 2.17. The molecule has 1 N–H and O–H groups in total. The van der Waals surface area contributed by atoms with E-state index in [1.807, 2.05) is 31.2 Å². The first-order valence-electron chi connectivity index (χ1n) is 6.14. The zero-order chi connectivity index (χ0) is 13.7. The van der Waals surface area contributed by atoms with Crippen molar-refractivity contribution >= 4 is 0 Å². The number of nitrogens with one attached hydrogen (secondary N) is 1. The van der Waals surface area contributed by atoms with Crippen LogP contribution < -0.4 is 5.32 Å². The highest BCUT2D eigenvalue weighted by atomic mass is 19.1. The molecule has 0 bridgehead atoms. The number of benzene rings is 2. The van der Waals surface area contributed by atoms with Crippen molar-refractivity contribution in [2.24, 2.45) is 0 Å². The average molecular weight is 254 g/mol. The van der Waals surface area contributed by atoms with E-state index in [0.29, 0.717) is 12.1 Å². The van der Waals surface area contributed by atoms with Gasteiger partial charge in [-0.05, 0) is 24.1 Å². The molecule has 0 aliphatic heterocycles. The maximum Gasteiger partial charge on any atom is 0.129 e. The third kappa shape index (κ3) is 3.18. The van der Waals surface area contributed by atoms with Crippen LogP contribution in [0.25, 0.3) is 0 Å². The Bertz CT molecular complexity index is 602. The molecular weight excluding hydrogens is 239 g/mol. The van der Waals surface area contributed by atoms with Gasteiger partial charge >= 0.3 is 0 Å². The first kappa shape index (κ1) is 13.3. The zero-order valence-electron chi connectivity index (χ0n) is 10.7. The number of nitriles is 1. The first-order chi connectivity index (χ1) is 9.22. The maximum absolute atomic E-state index is 13.6. The quantitative estimate of drug-likeness (QED) is 0.906. The summed E-state index contributed by atoms with van der Waals surface area (Å²) < 4.78 is 13.6. The summed E-state index contributed by atoms with van der Waals surface area (Å²) in [7, 11) is 0. The molecular formula is C16H15FN2. The lowest BCUT2D eigenvalue weighted by Gasteiger charge is -2.13. The van der Waals surface area contributed by atoms with Gasteiger partial charge in [0.1, 0.15) is 11.9 Å². The van der Waals surface area contributed by atoms with Crippen molar-refractivity contribution in [1.29, 1.82) is 5.26 Å². The van der Waals surface area contributed by atoms with Crippen LogP contribution in [0, 0.1) is 24.1 Å². The normalized spacial score (nSPS) is 11.8. The van der Waals surface area contributed by atoms with E-state index in [1.165, 1.54) is 6.07 Å². The standard InChI is InChI=1S/C16H15FN2/c1-12-6-2-3-7-13(12)11-19-16(10-18)14-8-4-5-9-15(14)17/h2-9,16,19H,11H2,1H3. The first-order valence-corrected chi connectivity index (χ1v) is 6.14. The summed E-state index contributed by atoms with van der Waals surface area (Å²) in [4.78, 5) is 0. The molecule has 2 rings (SSSR count). The molecule has 0 heterocycles. The minimum Gasteiger partial charge on any atom is -0.294 e. The summed E-state index contributed by atoms with van der Waals surface area (Å²) in [5.41, 5.74) is 2.65. The zero-order valence-corrected chi connectivity index (χ0v) is 10.7.